The molecule has 0 aromatic heterocycles. The number of hydrogen-bond donors (Lipinski definition) is 1. The normalized spacial score (nSPS) is 11.1. The minimum atomic E-state index is -4.09. The zero-order chi connectivity index (χ0) is 23.3. The number of nitrogens with one attached hydrogen (secondary N) is 1. The smallest absolute Gasteiger partial charge is 0.268 e. The van der Waals surface area contributed by atoms with Crippen LogP contribution in [0, 0.1) is 13.8 Å². The molecule has 1 amide bonds. The second-order valence-electron chi connectivity index (χ2n) is 7.51. The fourth-order valence-corrected chi connectivity index (χ4v) is 5.19. The van der Waals surface area contributed by atoms with Crippen molar-refractivity contribution >= 4 is 27.3 Å². The van der Waals surface area contributed by atoms with Crippen molar-refractivity contribution in [1.82, 2.24) is 0 Å². The maximum Gasteiger partial charge on any atom is 0.268 e. The molecule has 32 heavy (non-hydrogen) atoms. The van der Waals surface area contributed by atoms with E-state index in [4.69, 9.17) is 4.74 Å². The first-order valence-corrected chi connectivity index (χ1v) is 11.8. The zero-order valence-corrected chi connectivity index (χ0v) is 19.6. The molecule has 0 radical (unpaired) electrons. The van der Waals surface area contributed by atoms with Gasteiger partial charge in [-0.2, -0.15) is 0 Å². The lowest BCUT2D eigenvalue weighted by molar-refractivity contribution is -0.114. The van der Waals surface area contributed by atoms with Crippen LogP contribution in [0.1, 0.15) is 23.6 Å². The number of methoxy groups -OCH3 is 1. The number of rotatable bonds is 8. The molecule has 0 atom stereocenters. The first-order valence-electron chi connectivity index (χ1n) is 10.4. The Morgan fingerprint density at radius 2 is 1.72 bits per heavy atom. The van der Waals surface area contributed by atoms with E-state index >= 15 is 0 Å². The zero-order valence-electron chi connectivity index (χ0n) is 18.8. The summed E-state index contributed by atoms with van der Waals surface area (Å²) in [5.41, 5.74) is 3.81. The molecule has 0 saturated carbocycles. The van der Waals surface area contributed by atoms with Crippen molar-refractivity contribution in [2.75, 3.05) is 23.3 Å². The van der Waals surface area contributed by atoms with Crippen LogP contribution in [-0.2, 0) is 21.2 Å². The number of benzene rings is 3. The fourth-order valence-electron chi connectivity index (χ4n) is 3.52. The molecule has 3 aromatic carbocycles. The van der Waals surface area contributed by atoms with Crippen LogP contribution in [0.2, 0.25) is 0 Å². The SMILES string of the molecule is CCc1cccc(C)c1NC(=O)CN(c1ccccc1)S(=O)(=O)c1cc(C)ccc1OC. The molecule has 7 heteroatoms. The number of aryl methyl sites for hydroxylation is 3. The van der Waals surface area contributed by atoms with Gasteiger partial charge in [-0.1, -0.05) is 49.4 Å². The van der Waals surface area contributed by atoms with Crippen LogP contribution in [0.3, 0.4) is 0 Å². The highest BCUT2D eigenvalue weighted by atomic mass is 32.2. The molecule has 168 valence electrons. The molecule has 0 aliphatic heterocycles. The Hall–Kier alpha value is -3.32. The van der Waals surface area contributed by atoms with Gasteiger partial charge in [-0.15, -0.1) is 0 Å². The van der Waals surface area contributed by atoms with E-state index in [1.165, 1.54) is 7.11 Å². The van der Waals surface area contributed by atoms with Crippen molar-refractivity contribution in [1.29, 1.82) is 0 Å². The van der Waals surface area contributed by atoms with Crippen LogP contribution in [0.15, 0.2) is 71.6 Å². The van der Waals surface area contributed by atoms with Crippen LogP contribution in [0.4, 0.5) is 11.4 Å². The topological polar surface area (TPSA) is 75.7 Å². The van der Waals surface area contributed by atoms with Gasteiger partial charge in [0.15, 0.2) is 0 Å². The molecule has 3 rings (SSSR count). The first kappa shape index (κ1) is 23.3. The summed E-state index contributed by atoms with van der Waals surface area (Å²) in [6, 6.07) is 19.4. The molecule has 0 heterocycles. The largest absolute Gasteiger partial charge is 0.495 e. The molecule has 0 fully saturated rings. The summed E-state index contributed by atoms with van der Waals surface area (Å²) in [4.78, 5) is 13.1. The van der Waals surface area contributed by atoms with Gasteiger partial charge in [-0.25, -0.2) is 8.42 Å². The molecule has 0 bridgehead atoms. The predicted molar refractivity (Wildman–Crippen MR) is 128 cm³/mol. The predicted octanol–water partition coefficient (Wildman–Crippen LogP) is 4.71. The summed E-state index contributed by atoms with van der Waals surface area (Å²) in [7, 11) is -2.66. The third-order valence-electron chi connectivity index (χ3n) is 5.22. The van der Waals surface area contributed by atoms with Gasteiger partial charge in [0.05, 0.1) is 12.8 Å². The Morgan fingerprint density at radius 1 is 1.00 bits per heavy atom. The Morgan fingerprint density at radius 3 is 2.38 bits per heavy atom. The molecular weight excluding hydrogens is 424 g/mol. The second kappa shape index (κ2) is 9.87. The number of para-hydroxylation sites is 2. The molecule has 0 unspecified atom stereocenters. The van der Waals surface area contributed by atoms with Crippen molar-refractivity contribution in [3.63, 3.8) is 0 Å². The van der Waals surface area contributed by atoms with Crippen molar-refractivity contribution in [2.24, 2.45) is 0 Å². The minimum Gasteiger partial charge on any atom is -0.495 e. The van der Waals surface area contributed by atoms with Gasteiger partial charge in [0, 0.05) is 5.69 Å². The van der Waals surface area contributed by atoms with Crippen molar-refractivity contribution in [3.05, 3.63) is 83.4 Å². The second-order valence-corrected chi connectivity index (χ2v) is 9.34. The van der Waals surface area contributed by atoms with E-state index in [0.717, 1.165) is 33.1 Å². The van der Waals surface area contributed by atoms with E-state index in [9.17, 15) is 13.2 Å². The average molecular weight is 453 g/mol. The van der Waals surface area contributed by atoms with Gasteiger partial charge in [0.2, 0.25) is 5.91 Å². The summed E-state index contributed by atoms with van der Waals surface area (Å²) in [5.74, 6) is -0.197. The van der Waals surface area contributed by atoms with Gasteiger partial charge in [0.25, 0.3) is 10.0 Å². The van der Waals surface area contributed by atoms with E-state index in [1.807, 2.05) is 39.0 Å². The maximum atomic E-state index is 13.7. The number of sulfonamides is 1. The van der Waals surface area contributed by atoms with E-state index in [0.29, 0.717) is 5.69 Å². The molecular formula is C25H28N2O4S. The van der Waals surface area contributed by atoms with E-state index in [-0.39, 0.29) is 17.2 Å². The van der Waals surface area contributed by atoms with Crippen LogP contribution < -0.4 is 14.4 Å². The summed E-state index contributed by atoms with van der Waals surface area (Å²) in [6.45, 7) is 5.36. The molecule has 0 aliphatic carbocycles. The van der Waals surface area contributed by atoms with Crippen LogP contribution in [-0.4, -0.2) is 28.0 Å². The third kappa shape index (κ3) is 4.94. The Bertz CT molecular complexity index is 1210. The van der Waals surface area contributed by atoms with Gasteiger partial charge in [0.1, 0.15) is 17.2 Å². The summed E-state index contributed by atoms with van der Waals surface area (Å²) in [5, 5.41) is 2.92. The highest BCUT2D eigenvalue weighted by molar-refractivity contribution is 7.93. The van der Waals surface area contributed by atoms with E-state index in [1.54, 1.807) is 48.5 Å². The molecule has 0 spiro atoms. The number of anilines is 2. The van der Waals surface area contributed by atoms with Crippen molar-refractivity contribution < 1.29 is 17.9 Å². The molecule has 0 saturated heterocycles. The average Bonchev–Trinajstić information content (AvgIpc) is 2.79. The lowest BCUT2D eigenvalue weighted by Crippen LogP contribution is -2.38. The lowest BCUT2D eigenvalue weighted by Gasteiger charge is -2.25. The Kier molecular flexibility index (Phi) is 7.20. The van der Waals surface area contributed by atoms with Crippen molar-refractivity contribution in [2.45, 2.75) is 32.1 Å². The molecule has 6 nitrogen and oxygen atoms in total. The standard InChI is InChI=1S/C25H28N2O4S/c1-5-20-11-9-10-19(3)25(20)26-24(28)17-27(21-12-7-6-8-13-21)32(29,30)23-16-18(2)14-15-22(23)31-4/h6-16H,5,17H2,1-4H3,(H,26,28). The highest BCUT2D eigenvalue weighted by Crippen LogP contribution is 2.31. The maximum absolute atomic E-state index is 13.7. The van der Waals surface area contributed by atoms with Crippen LogP contribution >= 0.6 is 0 Å². The number of ether oxygens (including phenoxy) is 1. The summed E-state index contributed by atoms with van der Waals surface area (Å²) in [6.07, 6.45) is 0.748. The number of carbonyl (C=O) groups excluding carboxylic acids is 1. The van der Waals surface area contributed by atoms with Gasteiger partial charge < -0.3 is 10.1 Å². The number of nitrogens with zero attached hydrogens (tertiary/aromatic N) is 1. The van der Waals surface area contributed by atoms with Gasteiger partial charge >= 0.3 is 0 Å². The number of hydrogen-bond acceptors (Lipinski definition) is 4. The van der Waals surface area contributed by atoms with Gasteiger partial charge in [-0.05, 0) is 61.2 Å². The van der Waals surface area contributed by atoms with E-state index in [2.05, 4.69) is 5.32 Å². The summed E-state index contributed by atoms with van der Waals surface area (Å²) >= 11 is 0. The lowest BCUT2D eigenvalue weighted by atomic mass is 10.1. The van der Waals surface area contributed by atoms with Crippen molar-refractivity contribution in [3.8, 4) is 5.75 Å². The molecule has 1 N–H and O–H groups in total. The first-order chi connectivity index (χ1) is 15.3. The molecule has 3 aromatic rings. The Labute approximate surface area is 189 Å². The van der Waals surface area contributed by atoms with Crippen LogP contribution in [0.5, 0.6) is 5.75 Å². The number of amides is 1. The van der Waals surface area contributed by atoms with Crippen LogP contribution in [0.25, 0.3) is 0 Å². The molecule has 0 aliphatic rings. The van der Waals surface area contributed by atoms with E-state index < -0.39 is 15.9 Å². The highest BCUT2D eigenvalue weighted by Gasteiger charge is 2.30. The minimum absolute atomic E-state index is 0.0155. The van der Waals surface area contributed by atoms with Gasteiger partial charge in [-0.3, -0.25) is 9.10 Å². The third-order valence-corrected chi connectivity index (χ3v) is 7.02. The number of carbonyl (C=O) groups is 1. The quantitative estimate of drug-likeness (QED) is 0.537. The summed E-state index contributed by atoms with van der Waals surface area (Å²) < 4.78 is 33.8. The Balaban J connectivity index is 2.02. The monoisotopic (exact) mass is 452 g/mol. The fraction of sp³-hybridized carbons (Fsp3) is 0.240.